The van der Waals surface area contributed by atoms with Gasteiger partial charge < -0.3 is 34.8 Å². The summed E-state index contributed by atoms with van der Waals surface area (Å²) in [5.41, 5.74) is 2.71. The number of amides is 1. The summed E-state index contributed by atoms with van der Waals surface area (Å²) in [6, 6.07) is 15.5. The summed E-state index contributed by atoms with van der Waals surface area (Å²) in [5, 5.41) is 5.74. The molecule has 2 atom stereocenters. The van der Waals surface area contributed by atoms with E-state index in [2.05, 4.69) is 37.6 Å². The van der Waals surface area contributed by atoms with Crippen molar-refractivity contribution in [3.05, 3.63) is 120 Å². The van der Waals surface area contributed by atoms with Gasteiger partial charge in [0.1, 0.15) is 53.4 Å². The molecule has 1 aromatic heterocycles. The molecule has 2 N–H and O–H groups in total. The number of nitrogens with zero attached hydrogens (tertiary/aromatic N) is 6. The number of allylic oxidation sites excluding steroid dienone is 2. The Morgan fingerprint density at radius 3 is 2.34 bits per heavy atom. The van der Waals surface area contributed by atoms with Crippen LogP contribution in [0.25, 0.3) is 0 Å². The van der Waals surface area contributed by atoms with Crippen LogP contribution >= 0.6 is 0 Å². The van der Waals surface area contributed by atoms with Crippen LogP contribution in [0.3, 0.4) is 0 Å². The van der Waals surface area contributed by atoms with Crippen molar-refractivity contribution in [2.75, 3.05) is 69.2 Å². The van der Waals surface area contributed by atoms with Crippen molar-refractivity contribution in [3.63, 3.8) is 0 Å². The van der Waals surface area contributed by atoms with E-state index in [9.17, 15) is 18.0 Å². The van der Waals surface area contributed by atoms with Gasteiger partial charge in [-0.3, -0.25) is 9.79 Å². The Bertz CT molecular complexity index is 2200. The Balaban J connectivity index is 0.996. The number of aromatic nitrogens is 2. The van der Waals surface area contributed by atoms with Gasteiger partial charge >= 0.3 is 0 Å². The highest BCUT2D eigenvalue weighted by atomic mass is 19.1. The lowest BCUT2D eigenvalue weighted by Gasteiger charge is -2.40. The molecule has 0 radical (unpaired) electrons. The SMILES string of the molecule is COc1cc(N2CCC(C3CCN(CCF)CC3)CC2)ccc1Nc1nccc(C2C(c3ccc(OC)c(C(=O)Nc4c(F)cccc4F)c3)N=C3C=CC=CN32)n1. The first-order valence-electron chi connectivity index (χ1n) is 19.8. The lowest BCUT2D eigenvalue weighted by Crippen LogP contribution is -2.41. The van der Waals surface area contributed by atoms with Crippen LogP contribution in [-0.4, -0.2) is 85.1 Å². The molecule has 3 aromatic carbocycles. The molecule has 302 valence electrons. The third kappa shape index (κ3) is 8.11. The molecule has 4 aliphatic heterocycles. The number of carbonyl (C=O) groups is 1. The second kappa shape index (κ2) is 17.3. The minimum absolute atomic E-state index is 0.0920. The highest BCUT2D eigenvalue weighted by Gasteiger charge is 2.39. The molecule has 4 aromatic rings. The number of anilines is 4. The molecule has 2 unspecified atom stereocenters. The monoisotopic (exact) mass is 792 g/mol. The highest BCUT2D eigenvalue weighted by Crippen LogP contribution is 2.44. The number of carbonyl (C=O) groups excluding carboxylic acids is 1. The van der Waals surface area contributed by atoms with Gasteiger partial charge in [0.25, 0.3) is 5.91 Å². The predicted octanol–water partition coefficient (Wildman–Crippen LogP) is 8.25. The number of rotatable bonds is 12. The van der Waals surface area contributed by atoms with Crippen molar-refractivity contribution in [1.29, 1.82) is 0 Å². The van der Waals surface area contributed by atoms with Crippen LogP contribution in [0.15, 0.2) is 96.3 Å². The first-order valence-corrected chi connectivity index (χ1v) is 19.8. The second-order valence-corrected chi connectivity index (χ2v) is 15.0. The van der Waals surface area contributed by atoms with Crippen LogP contribution in [0, 0.1) is 23.5 Å². The lowest BCUT2D eigenvalue weighted by molar-refractivity contribution is 0.102. The van der Waals surface area contributed by atoms with Crippen molar-refractivity contribution in [2.45, 2.75) is 37.8 Å². The largest absolute Gasteiger partial charge is 0.496 e. The maximum Gasteiger partial charge on any atom is 0.259 e. The summed E-state index contributed by atoms with van der Waals surface area (Å²) in [5.74, 6) is 0.889. The number of para-hydroxylation sites is 1. The number of aliphatic imine (C=N–C) groups is 1. The zero-order chi connectivity index (χ0) is 40.2. The van der Waals surface area contributed by atoms with Crippen LogP contribution in [0.2, 0.25) is 0 Å². The number of ether oxygens (including phenoxy) is 2. The Morgan fingerprint density at radius 1 is 0.879 bits per heavy atom. The van der Waals surface area contributed by atoms with E-state index in [0.717, 1.165) is 75.4 Å². The zero-order valence-electron chi connectivity index (χ0n) is 32.6. The quantitative estimate of drug-likeness (QED) is 0.147. The minimum atomic E-state index is -0.890. The van der Waals surface area contributed by atoms with Gasteiger partial charge in [-0.1, -0.05) is 18.2 Å². The van der Waals surface area contributed by atoms with Crippen LogP contribution < -0.4 is 25.0 Å². The molecule has 1 amide bonds. The number of piperidine rings is 2. The molecule has 4 aliphatic rings. The number of likely N-dealkylation sites (tertiary alicyclic amines) is 1. The van der Waals surface area contributed by atoms with E-state index in [0.29, 0.717) is 47.2 Å². The van der Waals surface area contributed by atoms with E-state index in [-0.39, 0.29) is 18.0 Å². The van der Waals surface area contributed by atoms with E-state index < -0.39 is 35.3 Å². The smallest absolute Gasteiger partial charge is 0.259 e. The van der Waals surface area contributed by atoms with Gasteiger partial charge in [0.05, 0.1) is 31.2 Å². The predicted molar refractivity (Wildman–Crippen MR) is 219 cm³/mol. The number of fused-ring (bicyclic) bond motifs is 1. The Labute approximate surface area is 336 Å². The summed E-state index contributed by atoms with van der Waals surface area (Å²) in [6.45, 7) is 4.25. The Morgan fingerprint density at radius 2 is 1.62 bits per heavy atom. The van der Waals surface area contributed by atoms with E-state index in [1.54, 1.807) is 25.4 Å². The number of amidine groups is 1. The highest BCUT2D eigenvalue weighted by molar-refractivity contribution is 6.06. The Hall–Kier alpha value is -5.89. The summed E-state index contributed by atoms with van der Waals surface area (Å²) < 4.78 is 53.1. The molecule has 0 spiro atoms. The van der Waals surface area contributed by atoms with Gasteiger partial charge in [0.2, 0.25) is 5.95 Å². The molecule has 11 nitrogen and oxygen atoms in total. The van der Waals surface area contributed by atoms with E-state index in [1.165, 1.54) is 13.2 Å². The average Bonchev–Trinajstić information content (AvgIpc) is 3.65. The fourth-order valence-corrected chi connectivity index (χ4v) is 8.70. The summed E-state index contributed by atoms with van der Waals surface area (Å²) in [7, 11) is 3.08. The number of nitrogens with one attached hydrogen (secondary N) is 2. The van der Waals surface area contributed by atoms with Crippen molar-refractivity contribution in [1.82, 2.24) is 19.8 Å². The Kier molecular flexibility index (Phi) is 11.6. The van der Waals surface area contributed by atoms with Crippen LogP contribution in [0.5, 0.6) is 11.5 Å². The number of methoxy groups -OCH3 is 2. The third-order valence-corrected chi connectivity index (χ3v) is 11.8. The number of hydrogen-bond donors (Lipinski definition) is 2. The van der Waals surface area contributed by atoms with Crippen LogP contribution in [0.4, 0.5) is 36.2 Å². The number of benzene rings is 3. The topological polar surface area (TPSA) is 107 Å². The number of alkyl halides is 1. The number of halogens is 3. The third-order valence-electron chi connectivity index (χ3n) is 11.8. The molecule has 2 fully saturated rings. The lowest BCUT2D eigenvalue weighted by atomic mass is 9.78. The van der Waals surface area contributed by atoms with Gasteiger partial charge in [0.15, 0.2) is 0 Å². The summed E-state index contributed by atoms with van der Waals surface area (Å²) in [6.07, 6.45) is 13.9. The first-order chi connectivity index (χ1) is 28.3. The van der Waals surface area contributed by atoms with Crippen molar-refractivity contribution < 1.29 is 27.4 Å². The first kappa shape index (κ1) is 39.0. The van der Waals surface area contributed by atoms with Crippen molar-refractivity contribution in [3.8, 4) is 11.5 Å². The van der Waals surface area contributed by atoms with E-state index in [1.807, 2.05) is 47.5 Å². The molecule has 0 bridgehead atoms. The van der Waals surface area contributed by atoms with Gasteiger partial charge in [-0.15, -0.1) is 0 Å². The standard InChI is InChI=1S/C44H47F3N8O3/c1-57-37-12-9-30(26-32(37)43(56)52-41-33(46)6-5-7-34(41)47)40-42(55-20-4-3-8-39(55)51-40)36-13-19-48-44(50-36)49-35-11-10-31(27-38(35)58-2)54-23-16-29(17-24-54)28-14-21-53(22-15-28)25-18-45/h3-13,19-20,26-29,40,42H,14-18,21-25H2,1-2H3,(H,52,56)(H,48,49,50). The van der Waals surface area contributed by atoms with Gasteiger partial charge in [0, 0.05) is 43.8 Å². The van der Waals surface area contributed by atoms with E-state index >= 15 is 0 Å². The molecule has 5 heterocycles. The molecule has 2 saturated heterocycles. The molecule has 0 aliphatic carbocycles. The fraction of sp³-hybridized carbons (Fsp3) is 0.364. The normalized spacial score (nSPS) is 19.8. The van der Waals surface area contributed by atoms with Gasteiger partial charge in [-0.05, 0) is 111 Å². The molecular formula is C44H47F3N8O3. The van der Waals surface area contributed by atoms with Crippen molar-refractivity contribution in [2.24, 2.45) is 16.8 Å². The summed E-state index contributed by atoms with van der Waals surface area (Å²) >= 11 is 0. The molecule has 8 rings (SSSR count). The maximum absolute atomic E-state index is 14.5. The molecular weight excluding hydrogens is 746 g/mol. The summed E-state index contributed by atoms with van der Waals surface area (Å²) in [4.78, 5) is 34.7. The maximum atomic E-state index is 14.5. The van der Waals surface area contributed by atoms with Crippen LogP contribution in [-0.2, 0) is 0 Å². The molecule has 0 saturated carbocycles. The molecule has 58 heavy (non-hydrogen) atoms. The van der Waals surface area contributed by atoms with Crippen molar-refractivity contribution >= 4 is 34.8 Å². The number of hydrogen-bond acceptors (Lipinski definition) is 10. The zero-order valence-corrected chi connectivity index (χ0v) is 32.6. The second-order valence-electron chi connectivity index (χ2n) is 15.0. The van der Waals surface area contributed by atoms with Crippen LogP contribution in [0.1, 0.15) is 59.4 Å². The fourth-order valence-electron chi connectivity index (χ4n) is 8.70. The average molecular weight is 793 g/mol. The van der Waals surface area contributed by atoms with Gasteiger partial charge in [-0.2, -0.15) is 0 Å². The van der Waals surface area contributed by atoms with E-state index in [4.69, 9.17) is 19.5 Å². The van der Waals surface area contributed by atoms with Gasteiger partial charge in [-0.25, -0.2) is 23.1 Å². The molecule has 14 heteroatoms. The minimum Gasteiger partial charge on any atom is -0.496 e.